The number of benzene rings is 2. The number of aromatic nitrogens is 2. The number of nitrogens with one attached hydrogen (secondary N) is 1. The smallest absolute Gasteiger partial charge is 0.336 e. The Balaban J connectivity index is 1.84. The van der Waals surface area contributed by atoms with Gasteiger partial charge in [-0.15, -0.1) is 0 Å². The average Bonchev–Trinajstić information content (AvgIpc) is 3.18. The van der Waals surface area contributed by atoms with Crippen molar-refractivity contribution in [3.8, 4) is 22.4 Å². The lowest BCUT2D eigenvalue weighted by Gasteiger charge is -2.09. The van der Waals surface area contributed by atoms with E-state index >= 15 is 0 Å². The zero-order valence-corrected chi connectivity index (χ0v) is 15.4. The summed E-state index contributed by atoms with van der Waals surface area (Å²) in [6.45, 7) is 0. The first kappa shape index (κ1) is 19.0. The molecule has 0 saturated heterocycles. The van der Waals surface area contributed by atoms with Crippen molar-refractivity contribution in [1.29, 1.82) is 0 Å². The minimum absolute atomic E-state index is 0.0216. The average molecular weight is 403 g/mol. The molecule has 2 aromatic heterocycles. The number of amides is 1. The van der Waals surface area contributed by atoms with Crippen molar-refractivity contribution in [2.75, 3.05) is 5.32 Å². The minimum atomic E-state index is -1.14. The van der Waals surface area contributed by atoms with Gasteiger partial charge in [-0.3, -0.25) is 15.1 Å². The predicted molar refractivity (Wildman–Crippen MR) is 106 cm³/mol. The molecule has 0 atom stereocenters. The Bertz CT molecular complexity index is 1220. The largest absolute Gasteiger partial charge is 0.478 e. The van der Waals surface area contributed by atoms with Gasteiger partial charge in [0.15, 0.2) is 0 Å². The van der Waals surface area contributed by atoms with Gasteiger partial charge in [-0.1, -0.05) is 23.4 Å². The second-order valence-electron chi connectivity index (χ2n) is 6.28. The molecule has 148 valence electrons. The second kappa shape index (κ2) is 7.96. The molecule has 0 aliphatic heterocycles. The van der Waals surface area contributed by atoms with Gasteiger partial charge in [0.25, 0.3) is 5.91 Å². The van der Waals surface area contributed by atoms with Crippen LogP contribution < -0.4 is 5.32 Å². The summed E-state index contributed by atoms with van der Waals surface area (Å²) in [4.78, 5) is 28.4. The van der Waals surface area contributed by atoms with E-state index in [2.05, 4.69) is 15.5 Å². The summed E-state index contributed by atoms with van der Waals surface area (Å²) >= 11 is 0. The molecule has 8 heteroatoms. The highest BCUT2D eigenvalue weighted by Crippen LogP contribution is 2.39. The fourth-order valence-corrected chi connectivity index (χ4v) is 3.00. The number of carboxylic acids is 1. The van der Waals surface area contributed by atoms with Crippen LogP contribution in [0.15, 0.2) is 77.6 Å². The fourth-order valence-electron chi connectivity index (χ4n) is 3.00. The molecule has 2 N–H and O–H groups in total. The number of halogens is 1. The number of anilines is 1. The third-order valence-corrected chi connectivity index (χ3v) is 4.41. The van der Waals surface area contributed by atoms with Crippen LogP contribution in [0.4, 0.5) is 10.3 Å². The van der Waals surface area contributed by atoms with Gasteiger partial charge in [0, 0.05) is 29.1 Å². The number of carbonyl (C=O) groups is 2. The van der Waals surface area contributed by atoms with Gasteiger partial charge in [0.1, 0.15) is 11.5 Å². The maximum atomic E-state index is 13.2. The Hall–Kier alpha value is -4.33. The minimum Gasteiger partial charge on any atom is -0.478 e. The summed E-state index contributed by atoms with van der Waals surface area (Å²) in [5.41, 5.74) is 1.85. The molecule has 1 amide bonds. The van der Waals surface area contributed by atoms with Crippen molar-refractivity contribution in [1.82, 2.24) is 10.1 Å². The molecule has 0 radical (unpaired) electrons. The van der Waals surface area contributed by atoms with Crippen LogP contribution in [0, 0.1) is 5.82 Å². The third kappa shape index (κ3) is 3.66. The highest BCUT2D eigenvalue weighted by atomic mass is 19.1. The van der Waals surface area contributed by atoms with Crippen LogP contribution in [0.2, 0.25) is 0 Å². The van der Waals surface area contributed by atoms with E-state index in [0.29, 0.717) is 22.4 Å². The molecule has 2 heterocycles. The van der Waals surface area contributed by atoms with E-state index in [1.54, 1.807) is 42.7 Å². The van der Waals surface area contributed by atoms with Gasteiger partial charge >= 0.3 is 5.97 Å². The summed E-state index contributed by atoms with van der Waals surface area (Å²) in [6.07, 6.45) is 3.13. The molecule has 0 fully saturated rings. The van der Waals surface area contributed by atoms with Crippen LogP contribution >= 0.6 is 0 Å². The molecule has 4 aromatic rings. The lowest BCUT2D eigenvalue weighted by atomic mass is 9.97. The summed E-state index contributed by atoms with van der Waals surface area (Å²) in [7, 11) is 0. The molecular formula is C22H14FN3O4. The first-order valence-electron chi connectivity index (χ1n) is 8.84. The lowest BCUT2D eigenvalue weighted by Crippen LogP contribution is -2.12. The van der Waals surface area contributed by atoms with Crippen LogP contribution in [-0.4, -0.2) is 27.1 Å². The Morgan fingerprint density at radius 2 is 1.67 bits per heavy atom. The van der Waals surface area contributed by atoms with Crippen molar-refractivity contribution in [2.24, 2.45) is 0 Å². The summed E-state index contributed by atoms with van der Waals surface area (Å²) in [5.74, 6) is -2.18. The van der Waals surface area contributed by atoms with E-state index in [1.165, 1.54) is 30.3 Å². The number of carbonyl (C=O) groups excluding carboxylic acids is 1. The first-order chi connectivity index (χ1) is 14.5. The Kier molecular flexibility index (Phi) is 5.04. The van der Waals surface area contributed by atoms with E-state index in [0.717, 1.165) is 0 Å². The van der Waals surface area contributed by atoms with Crippen molar-refractivity contribution in [3.05, 3.63) is 90.0 Å². The van der Waals surface area contributed by atoms with E-state index < -0.39 is 17.7 Å². The molecule has 0 unspecified atom stereocenters. The lowest BCUT2D eigenvalue weighted by molar-refractivity contribution is 0.0697. The van der Waals surface area contributed by atoms with Gasteiger partial charge in [-0.2, -0.15) is 0 Å². The van der Waals surface area contributed by atoms with Gasteiger partial charge < -0.3 is 9.63 Å². The summed E-state index contributed by atoms with van der Waals surface area (Å²) < 4.78 is 18.5. The van der Waals surface area contributed by atoms with Crippen molar-refractivity contribution in [3.63, 3.8) is 0 Å². The van der Waals surface area contributed by atoms with Crippen molar-refractivity contribution in [2.45, 2.75) is 0 Å². The predicted octanol–water partition coefficient (Wildman–Crippen LogP) is 4.49. The van der Waals surface area contributed by atoms with E-state index in [-0.39, 0.29) is 17.0 Å². The van der Waals surface area contributed by atoms with Crippen molar-refractivity contribution >= 4 is 17.8 Å². The number of pyridine rings is 1. The van der Waals surface area contributed by atoms with Crippen LogP contribution in [0.5, 0.6) is 0 Å². The highest BCUT2D eigenvalue weighted by Gasteiger charge is 2.25. The molecule has 4 rings (SSSR count). The van der Waals surface area contributed by atoms with Gasteiger partial charge in [-0.05, 0) is 42.5 Å². The highest BCUT2D eigenvalue weighted by molar-refractivity contribution is 6.08. The second-order valence-corrected chi connectivity index (χ2v) is 6.28. The summed E-state index contributed by atoms with van der Waals surface area (Å²) in [6, 6.07) is 14.7. The van der Waals surface area contributed by atoms with Crippen LogP contribution in [0.1, 0.15) is 20.7 Å². The molecule has 7 nitrogen and oxygen atoms in total. The first-order valence-corrected chi connectivity index (χ1v) is 8.84. The number of carboxylic acid groups (broad SMARTS) is 1. The molecule has 0 aliphatic carbocycles. The van der Waals surface area contributed by atoms with Gasteiger partial charge in [-0.25, -0.2) is 9.18 Å². The topological polar surface area (TPSA) is 105 Å². The number of nitrogens with zero attached hydrogens (tertiary/aromatic N) is 2. The number of aromatic carboxylic acids is 1. The van der Waals surface area contributed by atoms with Crippen LogP contribution in [-0.2, 0) is 0 Å². The molecule has 2 aromatic carbocycles. The zero-order chi connectivity index (χ0) is 21.1. The molecule has 30 heavy (non-hydrogen) atoms. The normalized spacial score (nSPS) is 10.6. The van der Waals surface area contributed by atoms with Gasteiger partial charge in [0.2, 0.25) is 5.88 Å². The van der Waals surface area contributed by atoms with Crippen LogP contribution in [0.25, 0.3) is 22.4 Å². The molecule has 0 saturated carbocycles. The van der Waals surface area contributed by atoms with Crippen molar-refractivity contribution < 1.29 is 23.6 Å². The standard InChI is InChI=1S/C22H14FN3O4/c23-15-7-5-14(6-8-15)20(27)25-21-18(16-3-1-2-4-17(16)22(28)29)19(26-30-21)13-9-11-24-12-10-13/h1-12H,(H,25,27)(H,28,29). The molecule has 0 aliphatic rings. The molecule has 0 spiro atoms. The van der Waals surface area contributed by atoms with E-state index in [1.807, 2.05) is 0 Å². The maximum absolute atomic E-state index is 13.2. The quantitative estimate of drug-likeness (QED) is 0.509. The summed E-state index contributed by atoms with van der Waals surface area (Å²) in [5, 5.41) is 16.3. The molecule has 0 bridgehead atoms. The maximum Gasteiger partial charge on any atom is 0.336 e. The van der Waals surface area contributed by atoms with E-state index in [9.17, 15) is 19.1 Å². The number of rotatable bonds is 5. The van der Waals surface area contributed by atoms with Gasteiger partial charge in [0.05, 0.1) is 11.1 Å². The Morgan fingerprint density at radius 3 is 2.37 bits per heavy atom. The Morgan fingerprint density at radius 1 is 0.967 bits per heavy atom. The Labute approximate surface area is 169 Å². The SMILES string of the molecule is O=C(Nc1onc(-c2ccncc2)c1-c1ccccc1C(=O)O)c1ccc(F)cc1. The number of hydrogen-bond donors (Lipinski definition) is 2. The zero-order valence-electron chi connectivity index (χ0n) is 15.4. The van der Waals surface area contributed by atoms with E-state index in [4.69, 9.17) is 4.52 Å². The monoisotopic (exact) mass is 403 g/mol. The fraction of sp³-hybridized carbons (Fsp3) is 0. The number of hydrogen-bond acceptors (Lipinski definition) is 5. The molecular weight excluding hydrogens is 389 g/mol. The third-order valence-electron chi connectivity index (χ3n) is 4.41. The van der Waals surface area contributed by atoms with Crippen LogP contribution in [0.3, 0.4) is 0 Å².